The largest absolute Gasteiger partial charge is 0.388 e. The fourth-order valence-corrected chi connectivity index (χ4v) is 2.02. The van der Waals surface area contributed by atoms with E-state index in [1.54, 1.807) is 19.2 Å². The lowest BCUT2D eigenvalue weighted by Gasteiger charge is -2.36. The van der Waals surface area contributed by atoms with Crippen molar-refractivity contribution in [3.8, 4) is 0 Å². The van der Waals surface area contributed by atoms with Gasteiger partial charge in [0.15, 0.2) is 0 Å². The topological polar surface area (TPSA) is 83.5 Å². The molecule has 2 rings (SSSR count). The molecule has 0 aliphatic heterocycles. The maximum absolute atomic E-state index is 11.7. The number of carbonyl (C=O) groups excluding carboxylic acids is 1. The Morgan fingerprint density at radius 3 is 2.85 bits per heavy atom. The average molecular weight is 279 g/mol. The van der Waals surface area contributed by atoms with Crippen LogP contribution in [0.25, 0.3) is 0 Å². The second-order valence-corrected chi connectivity index (χ2v) is 5.11. The highest BCUT2D eigenvalue weighted by Gasteiger charge is 2.33. The number of carbonyl (C=O) groups is 1. The van der Waals surface area contributed by atoms with Crippen molar-refractivity contribution < 1.29 is 14.6 Å². The SMILES string of the molecule is COCCNC(=O)c1ccc(NCC2(O)CCC2)nc1. The molecule has 6 heteroatoms. The van der Waals surface area contributed by atoms with E-state index in [0.29, 0.717) is 31.1 Å². The maximum atomic E-state index is 11.7. The lowest BCUT2D eigenvalue weighted by molar-refractivity contribution is -0.0202. The molecule has 0 aromatic carbocycles. The summed E-state index contributed by atoms with van der Waals surface area (Å²) in [5.41, 5.74) is -0.0771. The molecule has 0 spiro atoms. The lowest BCUT2D eigenvalue weighted by Crippen LogP contribution is -2.43. The van der Waals surface area contributed by atoms with Gasteiger partial charge >= 0.3 is 0 Å². The molecule has 1 fully saturated rings. The Hall–Kier alpha value is -1.66. The maximum Gasteiger partial charge on any atom is 0.252 e. The number of aromatic nitrogens is 1. The van der Waals surface area contributed by atoms with E-state index in [4.69, 9.17) is 4.74 Å². The van der Waals surface area contributed by atoms with Crippen LogP contribution < -0.4 is 10.6 Å². The summed E-state index contributed by atoms with van der Waals surface area (Å²) in [6, 6.07) is 3.45. The van der Waals surface area contributed by atoms with Crippen LogP contribution in [0.3, 0.4) is 0 Å². The summed E-state index contributed by atoms with van der Waals surface area (Å²) in [5, 5.41) is 15.8. The number of nitrogens with zero attached hydrogens (tertiary/aromatic N) is 1. The molecule has 0 bridgehead atoms. The third kappa shape index (κ3) is 3.91. The highest BCUT2D eigenvalue weighted by Crippen LogP contribution is 2.31. The summed E-state index contributed by atoms with van der Waals surface area (Å²) in [7, 11) is 1.59. The van der Waals surface area contributed by atoms with E-state index < -0.39 is 5.60 Å². The summed E-state index contributed by atoms with van der Waals surface area (Å²) in [5.74, 6) is 0.498. The molecule has 1 aliphatic rings. The van der Waals surface area contributed by atoms with Crippen LogP contribution in [0.15, 0.2) is 18.3 Å². The smallest absolute Gasteiger partial charge is 0.252 e. The fraction of sp³-hybridized carbons (Fsp3) is 0.571. The number of anilines is 1. The Bertz CT molecular complexity index is 443. The molecule has 1 aliphatic carbocycles. The highest BCUT2D eigenvalue weighted by molar-refractivity contribution is 5.94. The van der Waals surface area contributed by atoms with E-state index >= 15 is 0 Å². The number of amides is 1. The number of methoxy groups -OCH3 is 1. The Kier molecular flexibility index (Phi) is 4.92. The molecule has 20 heavy (non-hydrogen) atoms. The van der Waals surface area contributed by atoms with Crippen molar-refractivity contribution in [2.45, 2.75) is 24.9 Å². The minimum atomic E-state index is -0.585. The average Bonchev–Trinajstić information content (AvgIpc) is 2.44. The van der Waals surface area contributed by atoms with Crippen molar-refractivity contribution in [3.63, 3.8) is 0 Å². The summed E-state index contributed by atoms with van der Waals surface area (Å²) in [4.78, 5) is 15.9. The van der Waals surface area contributed by atoms with Gasteiger partial charge in [0.25, 0.3) is 5.91 Å². The Labute approximate surface area is 118 Å². The van der Waals surface area contributed by atoms with Crippen LogP contribution in [0.4, 0.5) is 5.82 Å². The minimum Gasteiger partial charge on any atom is -0.388 e. The van der Waals surface area contributed by atoms with Gasteiger partial charge in [-0.15, -0.1) is 0 Å². The zero-order valence-corrected chi connectivity index (χ0v) is 11.7. The van der Waals surface area contributed by atoms with Crippen molar-refractivity contribution in [2.24, 2.45) is 0 Å². The van der Waals surface area contributed by atoms with E-state index in [1.165, 1.54) is 6.20 Å². The van der Waals surface area contributed by atoms with E-state index in [1.807, 2.05) is 0 Å². The third-order valence-electron chi connectivity index (χ3n) is 3.50. The summed E-state index contributed by atoms with van der Waals surface area (Å²) >= 11 is 0. The third-order valence-corrected chi connectivity index (χ3v) is 3.50. The molecule has 1 heterocycles. The number of aliphatic hydroxyl groups is 1. The Balaban J connectivity index is 1.81. The van der Waals surface area contributed by atoms with Crippen LogP contribution in [-0.2, 0) is 4.74 Å². The minimum absolute atomic E-state index is 0.168. The summed E-state index contributed by atoms with van der Waals surface area (Å²) in [6.07, 6.45) is 4.27. The first kappa shape index (κ1) is 14.7. The quantitative estimate of drug-likeness (QED) is 0.643. The van der Waals surface area contributed by atoms with Crippen molar-refractivity contribution in [1.82, 2.24) is 10.3 Å². The zero-order valence-electron chi connectivity index (χ0n) is 11.7. The zero-order chi connectivity index (χ0) is 14.4. The molecule has 1 aromatic heterocycles. The molecule has 0 unspecified atom stereocenters. The van der Waals surface area contributed by atoms with Crippen LogP contribution in [0.2, 0.25) is 0 Å². The number of pyridine rings is 1. The molecule has 1 amide bonds. The summed E-state index contributed by atoms with van der Waals surface area (Å²) in [6.45, 7) is 1.46. The number of nitrogens with one attached hydrogen (secondary N) is 2. The van der Waals surface area contributed by atoms with Gasteiger partial charge in [0.2, 0.25) is 0 Å². The predicted molar refractivity (Wildman–Crippen MR) is 75.7 cm³/mol. The molecule has 110 valence electrons. The van der Waals surface area contributed by atoms with E-state index in [-0.39, 0.29) is 5.91 Å². The van der Waals surface area contributed by atoms with Gasteiger partial charge in [0.1, 0.15) is 5.82 Å². The molecule has 6 nitrogen and oxygen atoms in total. The van der Waals surface area contributed by atoms with E-state index in [9.17, 15) is 9.90 Å². The summed E-state index contributed by atoms with van der Waals surface area (Å²) < 4.78 is 4.86. The molecule has 1 aromatic rings. The first-order chi connectivity index (χ1) is 9.63. The number of rotatable bonds is 7. The highest BCUT2D eigenvalue weighted by atomic mass is 16.5. The van der Waals surface area contributed by atoms with Crippen LogP contribution >= 0.6 is 0 Å². The van der Waals surface area contributed by atoms with Gasteiger partial charge in [-0.3, -0.25) is 4.79 Å². The lowest BCUT2D eigenvalue weighted by atomic mass is 9.80. The molecular formula is C14H21N3O3. The fourth-order valence-electron chi connectivity index (χ4n) is 2.02. The molecular weight excluding hydrogens is 258 g/mol. The van der Waals surface area contributed by atoms with Gasteiger partial charge in [0.05, 0.1) is 17.8 Å². The van der Waals surface area contributed by atoms with Gasteiger partial charge in [-0.1, -0.05) is 0 Å². The monoisotopic (exact) mass is 279 g/mol. The van der Waals surface area contributed by atoms with Crippen LogP contribution in [0.5, 0.6) is 0 Å². The number of hydrogen-bond acceptors (Lipinski definition) is 5. The van der Waals surface area contributed by atoms with Crippen LogP contribution in [-0.4, -0.2) is 48.4 Å². The van der Waals surface area contributed by atoms with Crippen molar-refractivity contribution >= 4 is 11.7 Å². The molecule has 1 saturated carbocycles. The molecule has 0 saturated heterocycles. The van der Waals surface area contributed by atoms with Crippen LogP contribution in [0, 0.1) is 0 Å². The van der Waals surface area contributed by atoms with E-state index in [2.05, 4.69) is 15.6 Å². The van der Waals surface area contributed by atoms with E-state index in [0.717, 1.165) is 19.3 Å². The van der Waals surface area contributed by atoms with Gasteiger partial charge < -0.3 is 20.5 Å². The normalized spacial score (nSPS) is 16.3. The molecule has 0 atom stereocenters. The first-order valence-electron chi connectivity index (χ1n) is 6.82. The van der Waals surface area contributed by atoms with Crippen molar-refractivity contribution in [1.29, 1.82) is 0 Å². The van der Waals surface area contributed by atoms with Gasteiger partial charge in [0, 0.05) is 26.4 Å². The standard InChI is InChI=1S/C14H21N3O3/c1-20-8-7-15-13(18)11-3-4-12(16-9-11)17-10-14(19)5-2-6-14/h3-4,9,19H,2,5-8,10H2,1H3,(H,15,18)(H,16,17). The van der Waals surface area contributed by atoms with Crippen molar-refractivity contribution in [2.75, 3.05) is 32.1 Å². The predicted octanol–water partition coefficient (Wildman–Crippen LogP) is 0.785. The second kappa shape index (κ2) is 6.67. The Morgan fingerprint density at radius 2 is 2.30 bits per heavy atom. The molecule has 3 N–H and O–H groups in total. The first-order valence-corrected chi connectivity index (χ1v) is 6.82. The van der Waals surface area contributed by atoms with Gasteiger partial charge in [-0.05, 0) is 31.4 Å². The van der Waals surface area contributed by atoms with Crippen LogP contribution in [0.1, 0.15) is 29.6 Å². The number of hydrogen-bond donors (Lipinski definition) is 3. The molecule has 0 radical (unpaired) electrons. The second-order valence-electron chi connectivity index (χ2n) is 5.11. The van der Waals surface area contributed by atoms with Gasteiger partial charge in [-0.2, -0.15) is 0 Å². The van der Waals surface area contributed by atoms with Crippen molar-refractivity contribution in [3.05, 3.63) is 23.9 Å². The van der Waals surface area contributed by atoms with Gasteiger partial charge in [-0.25, -0.2) is 4.98 Å². The Morgan fingerprint density at radius 1 is 1.50 bits per heavy atom. The number of ether oxygens (including phenoxy) is 1.